The molecule has 0 radical (unpaired) electrons. The van der Waals surface area contributed by atoms with Gasteiger partial charge >= 0.3 is 0 Å². The van der Waals surface area contributed by atoms with E-state index in [0.717, 1.165) is 30.8 Å². The third-order valence-electron chi connectivity index (χ3n) is 4.52. The molecule has 4 heteroatoms. The smallest absolute Gasteiger partial charge is 0.191 e. The van der Waals surface area contributed by atoms with Crippen molar-refractivity contribution >= 4 is 14.0 Å². The molecule has 0 aliphatic rings. The van der Waals surface area contributed by atoms with Crippen LogP contribution in [0.15, 0.2) is 12.3 Å². The summed E-state index contributed by atoms with van der Waals surface area (Å²) >= 11 is 0. The Morgan fingerprint density at radius 2 is 1.90 bits per heavy atom. The normalized spacial score (nSPS) is 13.0. The van der Waals surface area contributed by atoms with Gasteiger partial charge in [0.2, 0.25) is 0 Å². The molecule has 0 saturated carbocycles. The second-order valence-corrected chi connectivity index (χ2v) is 12.4. The molecular formula is C17H32N2OSi. The predicted octanol–water partition coefficient (Wildman–Crippen LogP) is 4.74. The first kappa shape index (κ1) is 18.2. The molecule has 1 rings (SSSR count). The lowest BCUT2D eigenvalue weighted by atomic mass is 10.0. The predicted molar refractivity (Wildman–Crippen MR) is 94.2 cm³/mol. The van der Waals surface area contributed by atoms with E-state index in [0.29, 0.717) is 5.92 Å². The number of anilines is 1. The molecule has 0 atom stereocenters. The molecule has 0 aromatic carbocycles. The minimum Gasteiger partial charge on any atom is -0.417 e. The summed E-state index contributed by atoms with van der Waals surface area (Å²) in [6.07, 6.45) is 3.84. The lowest BCUT2D eigenvalue weighted by molar-refractivity contribution is 0.282. The average Bonchev–Trinajstić information content (AvgIpc) is 2.34. The third-order valence-corrected chi connectivity index (χ3v) is 9.06. The summed E-state index contributed by atoms with van der Waals surface area (Å²) in [4.78, 5) is 4.39. The fourth-order valence-electron chi connectivity index (χ4n) is 2.02. The molecule has 0 spiro atoms. The number of aromatic nitrogens is 1. The Morgan fingerprint density at radius 1 is 1.29 bits per heavy atom. The lowest BCUT2D eigenvalue weighted by Crippen LogP contribution is -2.41. The molecule has 0 aliphatic carbocycles. The summed E-state index contributed by atoms with van der Waals surface area (Å²) in [5, 5.41) is 0.271. The zero-order chi connectivity index (χ0) is 16.3. The van der Waals surface area contributed by atoms with E-state index in [2.05, 4.69) is 52.7 Å². The molecule has 0 amide bonds. The molecule has 1 aromatic rings. The van der Waals surface area contributed by atoms with E-state index in [1.54, 1.807) is 0 Å². The fraction of sp³-hybridized carbons (Fsp3) is 0.706. The van der Waals surface area contributed by atoms with Crippen LogP contribution < -0.4 is 5.73 Å². The van der Waals surface area contributed by atoms with E-state index >= 15 is 0 Å². The van der Waals surface area contributed by atoms with Crippen LogP contribution in [-0.4, -0.2) is 19.9 Å². The Balaban J connectivity index is 2.56. The van der Waals surface area contributed by atoms with Crippen molar-refractivity contribution in [1.29, 1.82) is 0 Å². The third kappa shape index (κ3) is 4.82. The number of nitrogens with zero attached hydrogens (tertiary/aromatic N) is 1. The van der Waals surface area contributed by atoms with Gasteiger partial charge in [0.15, 0.2) is 8.32 Å². The first-order chi connectivity index (χ1) is 9.56. The fourth-order valence-corrected chi connectivity index (χ4v) is 3.10. The Morgan fingerprint density at radius 3 is 2.43 bits per heavy atom. The molecule has 21 heavy (non-hydrogen) atoms. The first-order valence-corrected chi connectivity index (χ1v) is 10.8. The molecule has 2 N–H and O–H groups in total. The van der Waals surface area contributed by atoms with Crippen LogP contribution in [0.3, 0.4) is 0 Å². The standard InChI is InChI=1S/C17H32N2OSi/c1-13(2)16-15(18)14(10-11-19-16)9-8-12-20-21(6,7)17(3,4)5/h10-11,13H,8-9,12,18H2,1-7H3. The highest BCUT2D eigenvalue weighted by Crippen LogP contribution is 2.36. The number of nitrogens with two attached hydrogens (primary N) is 1. The van der Waals surface area contributed by atoms with Gasteiger partial charge in [-0.25, -0.2) is 0 Å². The van der Waals surface area contributed by atoms with Crippen molar-refractivity contribution in [3.8, 4) is 0 Å². The molecule has 1 aromatic heterocycles. The quantitative estimate of drug-likeness (QED) is 0.610. The molecule has 0 bridgehead atoms. The summed E-state index contributed by atoms with van der Waals surface area (Å²) in [5.74, 6) is 0.369. The minimum absolute atomic E-state index is 0.271. The van der Waals surface area contributed by atoms with Crippen molar-refractivity contribution in [2.45, 2.75) is 71.5 Å². The zero-order valence-electron chi connectivity index (χ0n) is 14.8. The second-order valence-electron chi connectivity index (χ2n) is 7.64. The largest absolute Gasteiger partial charge is 0.417 e. The van der Waals surface area contributed by atoms with Crippen LogP contribution in [0.2, 0.25) is 18.1 Å². The van der Waals surface area contributed by atoms with E-state index in [4.69, 9.17) is 10.2 Å². The maximum atomic E-state index is 6.23. The molecule has 0 aliphatic heterocycles. The molecule has 120 valence electrons. The van der Waals surface area contributed by atoms with E-state index in [-0.39, 0.29) is 5.04 Å². The van der Waals surface area contributed by atoms with Gasteiger partial charge in [-0.3, -0.25) is 4.98 Å². The number of nitrogen functional groups attached to an aromatic ring is 1. The van der Waals surface area contributed by atoms with Crippen molar-refractivity contribution in [1.82, 2.24) is 4.98 Å². The Bertz CT molecular complexity index is 464. The number of aryl methyl sites for hydroxylation is 1. The van der Waals surface area contributed by atoms with E-state index in [1.807, 2.05) is 12.3 Å². The highest BCUT2D eigenvalue weighted by molar-refractivity contribution is 6.74. The SMILES string of the molecule is CC(C)c1nccc(CCCO[Si](C)(C)C(C)(C)C)c1N. The van der Waals surface area contributed by atoms with Crippen molar-refractivity contribution in [2.24, 2.45) is 0 Å². The Kier molecular flexibility index (Phi) is 5.99. The lowest BCUT2D eigenvalue weighted by Gasteiger charge is -2.36. The van der Waals surface area contributed by atoms with E-state index in [1.165, 1.54) is 5.56 Å². The average molecular weight is 309 g/mol. The topological polar surface area (TPSA) is 48.1 Å². The number of pyridine rings is 1. The number of hydrogen-bond donors (Lipinski definition) is 1. The zero-order valence-corrected chi connectivity index (χ0v) is 15.8. The Hall–Kier alpha value is -0.873. The van der Waals surface area contributed by atoms with Crippen LogP contribution in [0, 0.1) is 0 Å². The van der Waals surface area contributed by atoms with Gasteiger partial charge in [0, 0.05) is 12.8 Å². The second kappa shape index (κ2) is 6.92. The number of hydrogen-bond acceptors (Lipinski definition) is 3. The van der Waals surface area contributed by atoms with Crippen molar-refractivity contribution in [3.63, 3.8) is 0 Å². The van der Waals surface area contributed by atoms with Crippen LogP contribution in [0.5, 0.6) is 0 Å². The summed E-state index contributed by atoms with van der Waals surface area (Å²) in [7, 11) is -1.63. The molecule has 1 heterocycles. The van der Waals surface area contributed by atoms with Gasteiger partial charge < -0.3 is 10.2 Å². The highest BCUT2D eigenvalue weighted by atomic mass is 28.4. The van der Waals surface area contributed by atoms with Gasteiger partial charge in [-0.05, 0) is 48.5 Å². The monoisotopic (exact) mass is 308 g/mol. The van der Waals surface area contributed by atoms with Crippen LogP contribution >= 0.6 is 0 Å². The van der Waals surface area contributed by atoms with Crippen LogP contribution in [-0.2, 0) is 10.8 Å². The summed E-state index contributed by atoms with van der Waals surface area (Å²) < 4.78 is 6.22. The molecule has 0 fully saturated rings. The minimum atomic E-state index is -1.63. The van der Waals surface area contributed by atoms with Gasteiger partial charge in [-0.1, -0.05) is 34.6 Å². The summed E-state index contributed by atoms with van der Waals surface area (Å²) in [5.41, 5.74) is 9.30. The summed E-state index contributed by atoms with van der Waals surface area (Å²) in [6, 6.07) is 2.04. The van der Waals surface area contributed by atoms with Gasteiger partial charge in [0.1, 0.15) is 0 Å². The van der Waals surface area contributed by atoms with Crippen LogP contribution in [0.4, 0.5) is 5.69 Å². The Labute approximate surface area is 131 Å². The van der Waals surface area contributed by atoms with Crippen LogP contribution in [0.25, 0.3) is 0 Å². The summed E-state index contributed by atoms with van der Waals surface area (Å²) in [6.45, 7) is 16.5. The molecule has 0 unspecified atom stereocenters. The molecule has 3 nitrogen and oxygen atoms in total. The van der Waals surface area contributed by atoms with Gasteiger partial charge in [0.05, 0.1) is 11.4 Å². The molecule has 0 saturated heterocycles. The van der Waals surface area contributed by atoms with E-state index in [9.17, 15) is 0 Å². The number of rotatable bonds is 6. The molecular weight excluding hydrogens is 276 g/mol. The van der Waals surface area contributed by atoms with Gasteiger partial charge in [-0.2, -0.15) is 0 Å². The van der Waals surface area contributed by atoms with Crippen LogP contribution in [0.1, 0.15) is 58.2 Å². The van der Waals surface area contributed by atoms with Gasteiger partial charge in [-0.15, -0.1) is 0 Å². The maximum absolute atomic E-state index is 6.23. The van der Waals surface area contributed by atoms with Gasteiger partial charge in [0.25, 0.3) is 0 Å². The van der Waals surface area contributed by atoms with E-state index < -0.39 is 8.32 Å². The van der Waals surface area contributed by atoms with Crippen molar-refractivity contribution < 1.29 is 4.43 Å². The van der Waals surface area contributed by atoms with Crippen molar-refractivity contribution in [3.05, 3.63) is 23.5 Å². The van der Waals surface area contributed by atoms with Crippen molar-refractivity contribution in [2.75, 3.05) is 12.3 Å². The highest BCUT2D eigenvalue weighted by Gasteiger charge is 2.36. The maximum Gasteiger partial charge on any atom is 0.191 e. The first-order valence-electron chi connectivity index (χ1n) is 7.93.